The van der Waals surface area contributed by atoms with Crippen LogP contribution in [0.4, 0.5) is 0 Å². The van der Waals surface area contributed by atoms with E-state index < -0.39 is 0 Å². The van der Waals surface area contributed by atoms with Gasteiger partial charge in [0.2, 0.25) is 0 Å². The lowest BCUT2D eigenvalue weighted by molar-refractivity contribution is 0.505. The monoisotopic (exact) mass is 146 g/mol. The number of hydrogen-bond acceptors (Lipinski definition) is 4. The molecule has 0 aromatic heterocycles. The maximum Gasteiger partial charge on any atom is 0.187 e. The summed E-state index contributed by atoms with van der Waals surface area (Å²) in [7, 11) is 0. The van der Waals surface area contributed by atoms with E-state index in [0.29, 0.717) is 0 Å². The first-order valence-electron chi connectivity index (χ1n) is 2.73. The van der Waals surface area contributed by atoms with Gasteiger partial charge in [-0.15, -0.1) is 0 Å². The van der Waals surface area contributed by atoms with Crippen LogP contribution in [-0.2, 0) is 4.18 Å². The van der Waals surface area contributed by atoms with Crippen LogP contribution < -0.4 is 5.73 Å². The molecule has 2 N–H and O–H groups in total. The first kappa shape index (κ1) is 6.89. The fourth-order valence-corrected chi connectivity index (χ4v) is 1.05. The van der Waals surface area contributed by atoms with Crippen molar-refractivity contribution in [1.82, 2.24) is 0 Å². The van der Waals surface area contributed by atoms with Crippen molar-refractivity contribution in [3.8, 4) is 0 Å². The summed E-state index contributed by atoms with van der Waals surface area (Å²) in [5, 5.41) is 0.0532. The van der Waals surface area contributed by atoms with E-state index in [1.54, 1.807) is 0 Å². The van der Waals surface area contributed by atoms with Gasteiger partial charge in [-0.05, 0) is 13.8 Å². The van der Waals surface area contributed by atoms with E-state index in [1.165, 1.54) is 18.4 Å². The van der Waals surface area contributed by atoms with E-state index in [2.05, 4.69) is 4.99 Å². The van der Waals surface area contributed by atoms with Crippen LogP contribution in [0.25, 0.3) is 0 Å². The molecule has 0 aromatic rings. The molecule has 0 radical (unpaired) electrons. The number of nitrogens with zero attached hydrogens (tertiary/aromatic N) is 1. The third kappa shape index (κ3) is 1.59. The fraction of sp³-hybridized carbons (Fsp3) is 0.800. The molecule has 0 fully saturated rings. The average molecular weight is 146 g/mol. The van der Waals surface area contributed by atoms with E-state index in [9.17, 15) is 0 Å². The summed E-state index contributed by atoms with van der Waals surface area (Å²) in [5.74, 6) is 0. The molecule has 1 heterocycles. The van der Waals surface area contributed by atoms with Crippen LogP contribution >= 0.6 is 12.0 Å². The lowest BCUT2D eigenvalue weighted by Gasteiger charge is -2.20. The van der Waals surface area contributed by atoms with Gasteiger partial charge in [-0.3, -0.25) is 0 Å². The van der Waals surface area contributed by atoms with Gasteiger partial charge in [-0.1, -0.05) is 0 Å². The van der Waals surface area contributed by atoms with E-state index in [0.717, 1.165) is 0 Å². The number of rotatable bonds is 1. The standard InChI is InChI=1S/C5H10N2OS/c1-5(2,6)4-7-3-8-9-4/h3-4H,6H2,1-2H3. The van der Waals surface area contributed by atoms with E-state index in [-0.39, 0.29) is 10.9 Å². The topological polar surface area (TPSA) is 47.6 Å². The lowest BCUT2D eigenvalue weighted by Crippen LogP contribution is -2.41. The molecule has 52 valence electrons. The Labute approximate surface area is 58.9 Å². The smallest absolute Gasteiger partial charge is 0.187 e. The van der Waals surface area contributed by atoms with Crippen LogP contribution in [0.5, 0.6) is 0 Å². The Hall–Kier alpha value is -0.220. The zero-order chi connectivity index (χ0) is 6.91. The summed E-state index contributed by atoms with van der Waals surface area (Å²) in [6.45, 7) is 3.85. The Morgan fingerprint density at radius 2 is 2.44 bits per heavy atom. The second-order valence-corrected chi connectivity index (χ2v) is 3.45. The zero-order valence-electron chi connectivity index (χ0n) is 5.50. The second kappa shape index (κ2) is 2.19. The van der Waals surface area contributed by atoms with Crippen LogP contribution in [0, 0.1) is 0 Å². The van der Waals surface area contributed by atoms with E-state index in [1.807, 2.05) is 13.8 Å². The molecule has 0 spiro atoms. The summed E-state index contributed by atoms with van der Waals surface area (Å²) >= 11 is 1.30. The number of nitrogens with two attached hydrogens (primary N) is 1. The minimum absolute atomic E-state index is 0.0532. The summed E-state index contributed by atoms with van der Waals surface area (Å²) in [6.07, 6.45) is 1.43. The van der Waals surface area contributed by atoms with Crippen molar-refractivity contribution in [3.05, 3.63) is 0 Å². The van der Waals surface area contributed by atoms with Crippen molar-refractivity contribution < 1.29 is 4.18 Å². The number of aliphatic imine (C=N–C) groups is 1. The molecular weight excluding hydrogens is 136 g/mol. The predicted octanol–water partition coefficient (Wildman–Crippen LogP) is 0.756. The van der Waals surface area contributed by atoms with Gasteiger partial charge in [0.1, 0.15) is 0 Å². The Kier molecular flexibility index (Phi) is 1.68. The summed E-state index contributed by atoms with van der Waals surface area (Å²) in [4.78, 5) is 4.00. The first-order chi connectivity index (χ1) is 4.11. The second-order valence-electron chi connectivity index (χ2n) is 2.62. The first-order valence-corrected chi connectivity index (χ1v) is 3.54. The average Bonchev–Trinajstić information content (AvgIpc) is 2.08. The largest absolute Gasteiger partial charge is 0.412 e. The molecule has 0 amide bonds. The molecule has 1 unspecified atom stereocenters. The highest BCUT2D eigenvalue weighted by Crippen LogP contribution is 2.26. The van der Waals surface area contributed by atoms with Crippen LogP contribution in [0.15, 0.2) is 4.99 Å². The van der Waals surface area contributed by atoms with Gasteiger partial charge < -0.3 is 9.92 Å². The number of hydrogen-bond donors (Lipinski definition) is 1. The molecule has 0 aliphatic carbocycles. The Bertz CT molecular complexity index is 129. The fourth-order valence-electron chi connectivity index (χ4n) is 0.499. The Balaban J connectivity index is 2.53. The molecular formula is C5H10N2OS. The summed E-state index contributed by atoms with van der Waals surface area (Å²) < 4.78 is 4.83. The van der Waals surface area contributed by atoms with Gasteiger partial charge in [0.25, 0.3) is 0 Å². The summed E-state index contributed by atoms with van der Waals surface area (Å²) in [6, 6.07) is 0. The molecule has 0 bridgehead atoms. The van der Waals surface area contributed by atoms with E-state index in [4.69, 9.17) is 9.92 Å². The van der Waals surface area contributed by atoms with Gasteiger partial charge in [-0.2, -0.15) is 0 Å². The molecule has 4 heteroatoms. The lowest BCUT2D eigenvalue weighted by atomic mass is 10.1. The van der Waals surface area contributed by atoms with Crippen LogP contribution in [0.2, 0.25) is 0 Å². The highest BCUT2D eigenvalue weighted by atomic mass is 32.2. The molecule has 1 aliphatic rings. The van der Waals surface area contributed by atoms with Crippen LogP contribution in [0.1, 0.15) is 13.8 Å². The Morgan fingerprint density at radius 3 is 2.67 bits per heavy atom. The van der Waals surface area contributed by atoms with Crippen LogP contribution in [0.3, 0.4) is 0 Å². The molecule has 0 saturated carbocycles. The van der Waals surface area contributed by atoms with Gasteiger partial charge in [0.15, 0.2) is 11.8 Å². The third-order valence-corrected chi connectivity index (χ3v) is 2.13. The predicted molar refractivity (Wildman–Crippen MR) is 39.2 cm³/mol. The quantitative estimate of drug-likeness (QED) is 0.555. The highest BCUT2D eigenvalue weighted by Gasteiger charge is 2.28. The minimum Gasteiger partial charge on any atom is -0.412 e. The van der Waals surface area contributed by atoms with Gasteiger partial charge in [0, 0.05) is 5.54 Å². The van der Waals surface area contributed by atoms with Crippen molar-refractivity contribution in [3.63, 3.8) is 0 Å². The summed E-state index contributed by atoms with van der Waals surface area (Å²) in [5.41, 5.74) is 5.45. The molecule has 9 heavy (non-hydrogen) atoms. The van der Waals surface area contributed by atoms with Crippen molar-refractivity contribution in [2.24, 2.45) is 10.7 Å². The van der Waals surface area contributed by atoms with Gasteiger partial charge in [-0.25, -0.2) is 4.99 Å². The molecule has 0 saturated heterocycles. The molecule has 3 nitrogen and oxygen atoms in total. The molecule has 1 rings (SSSR count). The van der Waals surface area contributed by atoms with Gasteiger partial charge in [0.05, 0.1) is 12.0 Å². The third-order valence-electron chi connectivity index (χ3n) is 1.02. The SMILES string of the molecule is CC(C)(N)C1N=COS1. The normalized spacial score (nSPS) is 26.3. The van der Waals surface area contributed by atoms with Crippen molar-refractivity contribution in [2.45, 2.75) is 24.8 Å². The highest BCUT2D eigenvalue weighted by molar-refractivity contribution is 7.96. The zero-order valence-corrected chi connectivity index (χ0v) is 6.31. The van der Waals surface area contributed by atoms with Crippen LogP contribution in [-0.4, -0.2) is 17.3 Å². The van der Waals surface area contributed by atoms with Crippen molar-refractivity contribution >= 4 is 18.4 Å². The van der Waals surface area contributed by atoms with Crippen molar-refractivity contribution in [2.75, 3.05) is 0 Å². The van der Waals surface area contributed by atoms with Gasteiger partial charge >= 0.3 is 0 Å². The Morgan fingerprint density at radius 1 is 1.78 bits per heavy atom. The minimum atomic E-state index is -0.280. The van der Waals surface area contributed by atoms with Crippen molar-refractivity contribution in [1.29, 1.82) is 0 Å². The molecule has 0 aromatic carbocycles. The molecule has 1 aliphatic heterocycles. The maximum atomic E-state index is 5.73. The van der Waals surface area contributed by atoms with E-state index >= 15 is 0 Å². The molecule has 1 atom stereocenters. The maximum absolute atomic E-state index is 5.73.